The number of H-pyrrole nitrogens is 1. The van der Waals surface area contributed by atoms with E-state index in [-0.39, 0.29) is 5.41 Å². The molecule has 2 aromatic heterocycles. The number of nitrogens with two attached hydrogens (primary N) is 1. The number of aromatic amines is 1. The molecule has 0 unspecified atom stereocenters. The number of hydrogen-bond donors (Lipinski definition) is 2. The molecule has 2 nitrogen and oxygen atoms in total. The number of thiophene rings is 1. The first kappa shape index (κ1) is 38.3. The molecule has 0 saturated carbocycles. The van der Waals surface area contributed by atoms with Crippen LogP contribution in [0.3, 0.4) is 0 Å². The van der Waals surface area contributed by atoms with Crippen molar-refractivity contribution in [2.24, 2.45) is 0 Å². The minimum absolute atomic E-state index is 0.160. The van der Waals surface area contributed by atoms with Gasteiger partial charge in [-0.25, -0.2) is 0 Å². The monoisotopic (exact) mass is 790 g/mol. The summed E-state index contributed by atoms with van der Waals surface area (Å²) in [6.45, 7) is 4.61. The van der Waals surface area contributed by atoms with Gasteiger partial charge >= 0.3 is 0 Å². The molecule has 2 heterocycles. The predicted octanol–water partition coefficient (Wildman–Crippen LogP) is 16.0. The summed E-state index contributed by atoms with van der Waals surface area (Å²) >= 11 is 1.85. The number of nitrogen functional groups attached to an aromatic ring is 1. The van der Waals surface area contributed by atoms with E-state index in [1.807, 2.05) is 35.6 Å². The molecule has 0 fully saturated rings. The van der Waals surface area contributed by atoms with Crippen molar-refractivity contribution in [2.45, 2.75) is 19.3 Å². The van der Waals surface area contributed by atoms with E-state index < -0.39 is 0 Å². The normalized spacial score (nSPS) is 12.0. The van der Waals surface area contributed by atoms with Gasteiger partial charge in [-0.05, 0) is 85.6 Å². The van der Waals surface area contributed by atoms with Gasteiger partial charge in [0.05, 0.1) is 10.2 Å². The number of hydrogen-bond acceptors (Lipinski definition) is 2. The molecule has 1 aliphatic carbocycles. The number of fused-ring (bicyclic) bond motifs is 9. The average molecular weight is 791 g/mol. The first-order chi connectivity index (χ1) is 29.4. The van der Waals surface area contributed by atoms with Crippen molar-refractivity contribution in [3.8, 4) is 33.4 Å². The van der Waals surface area contributed by atoms with Gasteiger partial charge in [-0.2, -0.15) is 0 Å². The summed E-state index contributed by atoms with van der Waals surface area (Å²) in [4.78, 5) is 3.58. The van der Waals surface area contributed by atoms with Crippen molar-refractivity contribution < 1.29 is 0 Å². The summed E-state index contributed by atoms with van der Waals surface area (Å²) in [7, 11) is 0. The maximum absolute atomic E-state index is 5.79. The molecule has 0 amide bonds. The lowest BCUT2D eigenvalue weighted by molar-refractivity contribution is 0.660. The maximum atomic E-state index is 5.79. The SMILES string of the molecule is CC1(C)c2ccccc2-c2ccccc21.Nc1ccc(-c2ccc3[nH]c4c5ccccc5sc4c3c2)cc1.c1ccc(-c2ccccc2)cc1.c1ccc2ccccc2c1. The summed E-state index contributed by atoms with van der Waals surface area (Å²) in [5.41, 5.74) is 19.8. The Balaban J connectivity index is 0.000000109. The van der Waals surface area contributed by atoms with E-state index in [9.17, 15) is 0 Å². The van der Waals surface area contributed by atoms with Crippen LogP contribution in [0.15, 0.2) is 224 Å². The quantitative estimate of drug-likeness (QED) is 0.168. The van der Waals surface area contributed by atoms with Gasteiger partial charge in [0, 0.05) is 32.1 Å². The van der Waals surface area contributed by atoms with Crippen LogP contribution in [-0.2, 0) is 5.41 Å². The van der Waals surface area contributed by atoms with Crippen LogP contribution in [0.5, 0.6) is 0 Å². The molecule has 9 aromatic carbocycles. The zero-order valence-electron chi connectivity index (χ0n) is 33.8. The second kappa shape index (κ2) is 17.0. The second-order valence-electron chi connectivity index (χ2n) is 15.6. The molecule has 0 bridgehead atoms. The Bertz CT molecular complexity index is 3020. The van der Waals surface area contributed by atoms with E-state index in [4.69, 9.17) is 5.73 Å². The second-order valence-corrected chi connectivity index (χ2v) is 16.7. The third-order valence-corrected chi connectivity index (χ3v) is 12.6. The Morgan fingerprint density at radius 3 is 1.43 bits per heavy atom. The Hall–Kier alpha value is -7.20. The maximum Gasteiger partial charge on any atom is 0.0654 e. The minimum Gasteiger partial charge on any atom is -0.399 e. The largest absolute Gasteiger partial charge is 0.399 e. The number of anilines is 1. The lowest BCUT2D eigenvalue weighted by Crippen LogP contribution is -2.14. The fourth-order valence-electron chi connectivity index (χ4n) is 8.26. The first-order valence-corrected chi connectivity index (χ1v) is 21.3. The fourth-order valence-corrected chi connectivity index (χ4v) is 9.44. The zero-order chi connectivity index (χ0) is 40.9. The molecular formula is C57H46N2S. The number of aromatic nitrogens is 1. The van der Waals surface area contributed by atoms with Crippen LogP contribution in [0.2, 0.25) is 0 Å². The minimum atomic E-state index is 0.160. The lowest BCUT2D eigenvalue weighted by Gasteiger charge is -2.20. The highest BCUT2D eigenvalue weighted by Gasteiger charge is 2.34. The fraction of sp³-hybridized carbons (Fsp3) is 0.0526. The highest BCUT2D eigenvalue weighted by molar-refractivity contribution is 7.26. The smallest absolute Gasteiger partial charge is 0.0654 e. The van der Waals surface area contributed by atoms with Gasteiger partial charge in [-0.15, -0.1) is 11.3 Å². The standard InChI is InChI=1S/C20H14N2S.C15H14.C12H10.C10H8/c21-14-8-5-12(6-9-14)13-7-10-17-16(11-13)20-19(22-17)15-3-1-2-4-18(15)23-20;1-15(2)13-9-5-3-7-11(13)12-8-4-6-10-14(12)15;1-3-7-11(8-4-1)12-9-5-2-6-10-12;1-2-6-10-8-4-3-7-9(10)5-1/h1-11,22H,21H2;3-10H,1-2H3;1-10H;1-8H. The molecule has 60 heavy (non-hydrogen) atoms. The average Bonchev–Trinajstić information content (AvgIpc) is 3.94. The topological polar surface area (TPSA) is 41.8 Å². The molecule has 11 aromatic rings. The van der Waals surface area contributed by atoms with Gasteiger partial charge in [0.1, 0.15) is 0 Å². The van der Waals surface area contributed by atoms with Gasteiger partial charge in [-0.1, -0.05) is 208 Å². The molecule has 3 heteroatoms. The van der Waals surface area contributed by atoms with Gasteiger partial charge in [0.15, 0.2) is 0 Å². The van der Waals surface area contributed by atoms with Crippen LogP contribution in [0.4, 0.5) is 5.69 Å². The first-order valence-electron chi connectivity index (χ1n) is 20.5. The molecule has 12 rings (SSSR count). The summed E-state index contributed by atoms with van der Waals surface area (Å²) in [6, 6.07) is 78.2. The van der Waals surface area contributed by atoms with E-state index >= 15 is 0 Å². The van der Waals surface area contributed by atoms with Crippen molar-refractivity contribution in [1.82, 2.24) is 4.98 Å². The van der Waals surface area contributed by atoms with Gasteiger partial charge in [0.2, 0.25) is 0 Å². The molecule has 0 spiro atoms. The van der Waals surface area contributed by atoms with Crippen LogP contribution >= 0.6 is 11.3 Å². The predicted molar refractivity (Wildman–Crippen MR) is 261 cm³/mol. The van der Waals surface area contributed by atoms with Crippen LogP contribution in [0.25, 0.3) is 75.4 Å². The van der Waals surface area contributed by atoms with Gasteiger partial charge in [0.25, 0.3) is 0 Å². The molecular weight excluding hydrogens is 745 g/mol. The molecule has 290 valence electrons. The van der Waals surface area contributed by atoms with E-state index in [1.54, 1.807) is 0 Å². The van der Waals surface area contributed by atoms with E-state index in [0.717, 1.165) is 5.69 Å². The molecule has 1 aliphatic rings. The summed E-state index contributed by atoms with van der Waals surface area (Å²) < 4.78 is 2.66. The molecule has 0 atom stereocenters. The van der Waals surface area contributed by atoms with Crippen molar-refractivity contribution in [2.75, 3.05) is 5.73 Å². The van der Waals surface area contributed by atoms with Crippen LogP contribution in [-0.4, -0.2) is 4.98 Å². The van der Waals surface area contributed by atoms with Crippen LogP contribution in [0.1, 0.15) is 25.0 Å². The van der Waals surface area contributed by atoms with E-state index in [0.29, 0.717) is 0 Å². The Labute approximate surface area is 356 Å². The van der Waals surface area contributed by atoms with Crippen molar-refractivity contribution in [3.05, 3.63) is 236 Å². The highest BCUT2D eigenvalue weighted by Crippen LogP contribution is 2.48. The molecule has 0 radical (unpaired) electrons. The van der Waals surface area contributed by atoms with Gasteiger partial charge < -0.3 is 10.7 Å². The third-order valence-electron chi connectivity index (χ3n) is 11.4. The molecule has 3 N–H and O–H groups in total. The third kappa shape index (κ3) is 7.84. The summed E-state index contributed by atoms with van der Waals surface area (Å²) in [5, 5.41) is 5.21. The van der Waals surface area contributed by atoms with Crippen molar-refractivity contribution >= 4 is 59.0 Å². The van der Waals surface area contributed by atoms with Crippen LogP contribution in [0, 0.1) is 0 Å². The van der Waals surface area contributed by atoms with Crippen molar-refractivity contribution in [3.63, 3.8) is 0 Å². The zero-order valence-corrected chi connectivity index (χ0v) is 34.7. The van der Waals surface area contributed by atoms with E-state index in [1.165, 1.54) is 86.5 Å². The highest BCUT2D eigenvalue weighted by atomic mass is 32.1. The lowest BCUT2D eigenvalue weighted by atomic mass is 9.82. The van der Waals surface area contributed by atoms with Crippen LogP contribution < -0.4 is 5.73 Å². The Kier molecular flexibility index (Phi) is 10.8. The number of rotatable bonds is 2. The molecule has 0 saturated heterocycles. The summed E-state index contributed by atoms with van der Waals surface area (Å²) in [5.74, 6) is 0. The van der Waals surface area contributed by atoms with Gasteiger partial charge in [-0.3, -0.25) is 0 Å². The number of nitrogens with one attached hydrogen (secondary N) is 1. The van der Waals surface area contributed by atoms with E-state index in [2.05, 4.69) is 219 Å². The van der Waals surface area contributed by atoms with Crippen molar-refractivity contribution in [1.29, 1.82) is 0 Å². The molecule has 0 aliphatic heterocycles. The number of benzene rings is 9. The summed E-state index contributed by atoms with van der Waals surface area (Å²) in [6.07, 6.45) is 0. The Morgan fingerprint density at radius 2 is 0.867 bits per heavy atom. The Morgan fingerprint density at radius 1 is 0.417 bits per heavy atom.